The molecule has 0 spiro atoms. The number of amides is 2. The number of nitrogens with zero attached hydrogens (tertiary/aromatic N) is 3. The molecular formula is C26H32N4O3. The van der Waals surface area contributed by atoms with E-state index in [0.717, 1.165) is 49.9 Å². The van der Waals surface area contributed by atoms with Crippen LogP contribution in [0.25, 0.3) is 0 Å². The van der Waals surface area contributed by atoms with Crippen molar-refractivity contribution in [2.75, 3.05) is 6.54 Å². The molecule has 7 nitrogen and oxygen atoms in total. The zero-order chi connectivity index (χ0) is 23.0. The van der Waals surface area contributed by atoms with E-state index in [1.807, 2.05) is 35.4 Å². The van der Waals surface area contributed by atoms with Crippen LogP contribution >= 0.6 is 0 Å². The van der Waals surface area contributed by atoms with Gasteiger partial charge in [-0.3, -0.25) is 14.6 Å². The van der Waals surface area contributed by atoms with Crippen LogP contribution in [0.1, 0.15) is 66.6 Å². The van der Waals surface area contributed by atoms with E-state index >= 15 is 0 Å². The Hall–Kier alpha value is -3.35. The highest BCUT2D eigenvalue weighted by atomic mass is 16.4. The molecule has 1 fully saturated rings. The number of carbonyl (C=O) groups excluding carboxylic acids is 2. The maximum atomic E-state index is 13.0. The van der Waals surface area contributed by atoms with Gasteiger partial charge in [-0.2, -0.15) is 0 Å². The molecule has 1 saturated carbocycles. The van der Waals surface area contributed by atoms with Gasteiger partial charge in [0.2, 0.25) is 5.91 Å². The Bertz CT molecular complexity index is 1050. The summed E-state index contributed by atoms with van der Waals surface area (Å²) in [5.74, 6) is 1.20. The number of carbonyl (C=O) groups is 2. The molecule has 0 aromatic carbocycles. The van der Waals surface area contributed by atoms with Gasteiger partial charge in [-0.25, -0.2) is 0 Å². The lowest BCUT2D eigenvalue weighted by molar-refractivity contribution is -0.136. The summed E-state index contributed by atoms with van der Waals surface area (Å²) in [6.07, 6.45) is 10.7. The van der Waals surface area contributed by atoms with Crippen LogP contribution in [0.2, 0.25) is 0 Å². The summed E-state index contributed by atoms with van der Waals surface area (Å²) in [7, 11) is 0. The number of furan rings is 1. The number of pyridine rings is 1. The van der Waals surface area contributed by atoms with Crippen LogP contribution in [0, 0.1) is 5.92 Å². The molecular weight excluding hydrogens is 416 g/mol. The number of hydrogen-bond donors (Lipinski definition) is 1. The summed E-state index contributed by atoms with van der Waals surface area (Å²) >= 11 is 0. The van der Waals surface area contributed by atoms with E-state index in [4.69, 9.17) is 4.42 Å². The Morgan fingerprint density at radius 1 is 1.15 bits per heavy atom. The van der Waals surface area contributed by atoms with Gasteiger partial charge >= 0.3 is 0 Å². The second-order valence-electron chi connectivity index (χ2n) is 8.67. The molecule has 1 N–H and O–H groups in total. The first-order valence-electron chi connectivity index (χ1n) is 11.8. The Morgan fingerprint density at radius 2 is 1.94 bits per heavy atom. The van der Waals surface area contributed by atoms with Crippen molar-refractivity contribution in [1.29, 1.82) is 0 Å². The normalized spacial score (nSPS) is 13.8. The van der Waals surface area contributed by atoms with Crippen LogP contribution in [0.15, 0.2) is 59.4 Å². The topological polar surface area (TPSA) is 80.4 Å². The standard InChI is InChI=1S/C26H32N4O3/c1-2-15-30(26(32)21-6-3-4-7-21)18-22-8-5-16-29(22)19-23-9-10-24(33-23)25(31)28-17-20-11-13-27-14-12-20/h5,8-14,16,21H,2-4,6-7,15,17-19H2,1H3,(H,28,31). The fraction of sp³-hybridized carbons (Fsp3) is 0.423. The summed E-state index contributed by atoms with van der Waals surface area (Å²) < 4.78 is 7.90. The van der Waals surface area contributed by atoms with Crippen molar-refractivity contribution in [1.82, 2.24) is 19.8 Å². The smallest absolute Gasteiger partial charge is 0.287 e. The van der Waals surface area contributed by atoms with Crippen LogP contribution < -0.4 is 5.32 Å². The molecule has 0 aliphatic heterocycles. The molecule has 7 heteroatoms. The Morgan fingerprint density at radius 3 is 2.70 bits per heavy atom. The molecule has 3 heterocycles. The molecule has 3 aromatic rings. The predicted octanol–water partition coefficient (Wildman–Crippen LogP) is 4.38. The first-order valence-corrected chi connectivity index (χ1v) is 11.8. The van der Waals surface area contributed by atoms with Crippen molar-refractivity contribution in [3.63, 3.8) is 0 Å². The Labute approximate surface area is 194 Å². The second kappa shape index (κ2) is 11.0. The van der Waals surface area contributed by atoms with Gasteiger partial charge < -0.3 is 19.2 Å². The highest BCUT2D eigenvalue weighted by Crippen LogP contribution is 2.27. The van der Waals surface area contributed by atoms with Crippen LogP contribution in [-0.4, -0.2) is 32.8 Å². The van der Waals surface area contributed by atoms with Gasteiger partial charge in [0, 0.05) is 43.3 Å². The molecule has 0 unspecified atom stereocenters. The number of hydrogen-bond acceptors (Lipinski definition) is 4. The van der Waals surface area contributed by atoms with Gasteiger partial charge in [0.25, 0.3) is 5.91 Å². The Balaban J connectivity index is 1.37. The zero-order valence-corrected chi connectivity index (χ0v) is 19.2. The average molecular weight is 449 g/mol. The van der Waals surface area contributed by atoms with E-state index in [9.17, 15) is 9.59 Å². The lowest BCUT2D eigenvalue weighted by Gasteiger charge is -2.26. The third-order valence-corrected chi connectivity index (χ3v) is 6.20. The fourth-order valence-corrected chi connectivity index (χ4v) is 4.43. The van der Waals surface area contributed by atoms with E-state index in [-0.39, 0.29) is 23.5 Å². The molecule has 1 aliphatic rings. The van der Waals surface area contributed by atoms with Crippen molar-refractivity contribution >= 4 is 11.8 Å². The summed E-state index contributed by atoms with van der Waals surface area (Å²) in [4.78, 5) is 31.5. The van der Waals surface area contributed by atoms with E-state index in [2.05, 4.69) is 27.9 Å². The van der Waals surface area contributed by atoms with E-state index in [1.165, 1.54) is 0 Å². The van der Waals surface area contributed by atoms with Gasteiger partial charge in [-0.15, -0.1) is 0 Å². The van der Waals surface area contributed by atoms with Gasteiger partial charge in [0.1, 0.15) is 5.76 Å². The van der Waals surface area contributed by atoms with E-state index < -0.39 is 0 Å². The zero-order valence-electron chi connectivity index (χ0n) is 19.2. The monoisotopic (exact) mass is 448 g/mol. The lowest BCUT2D eigenvalue weighted by atomic mass is 10.1. The summed E-state index contributed by atoms with van der Waals surface area (Å²) in [6.45, 7) is 4.40. The molecule has 0 atom stereocenters. The van der Waals surface area contributed by atoms with E-state index in [0.29, 0.717) is 25.4 Å². The highest BCUT2D eigenvalue weighted by Gasteiger charge is 2.27. The maximum absolute atomic E-state index is 13.0. The van der Waals surface area contributed by atoms with Crippen LogP contribution in [-0.2, 0) is 24.4 Å². The first kappa shape index (κ1) is 22.8. The molecule has 2 amide bonds. The lowest BCUT2D eigenvalue weighted by Crippen LogP contribution is -2.36. The third kappa shape index (κ3) is 5.92. The molecule has 1 aliphatic carbocycles. The molecule has 0 radical (unpaired) electrons. The second-order valence-corrected chi connectivity index (χ2v) is 8.67. The van der Waals surface area contributed by atoms with Crippen molar-refractivity contribution < 1.29 is 14.0 Å². The SMILES string of the molecule is CCCN(Cc1cccn1Cc1ccc(C(=O)NCc2ccncc2)o1)C(=O)C1CCCC1. The predicted molar refractivity (Wildman–Crippen MR) is 125 cm³/mol. The summed E-state index contributed by atoms with van der Waals surface area (Å²) in [5, 5.41) is 2.87. The maximum Gasteiger partial charge on any atom is 0.287 e. The largest absolute Gasteiger partial charge is 0.454 e. The van der Waals surface area contributed by atoms with Gasteiger partial charge in [-0.05, 0) is 61.2 Å². The van der Waals surface area contributed by atoms with Crippen molar-refractivity contribution in [3.8, 4) is 0 Å². The molecule has 4 rings (SSSR count). The molecule has 33 heavy (non-hydrogen) atoms. The summed E-state index contributed by atoms with van der Waals surface area (Å²) in [5.41, 5.74) is 2.04. The molecule has 3 aromatic heterocycles. The van der Waals surface area contributed by atoms with Crippen molar-refractivity contribution in [2.24, 2.45) is 5.92 Å². The first-order chi connectivity index (χ1) is 16.1. The number of aromatic nitrogens is 2. The van der Waals surface area contributed by atoms with Gasteiger partial charge in [0.15, 0.2) is 5.76 Å². The molecule has 0 saturated heterocycles. The van der Waals surface area contributed by atoms with Gasteiger partial charge in [0.05, 0.1) is 13.1 Å². The van der Waals surface area contributed by atoms with Crippen molar-refractivity contribution in [3.05, 3.63) is 77.8 Å². The van der Waals surface area contributed by atoms with Gasteiger partial charge in [-0.1, -0.05) is 19.8 Å². The molecule has 0 bridgehead atoms. The van der Waals surface area contributed by atoms with Crippen molar-refractivity contribution in [2.45, 2.75) is 58.7 Å². The minimum Gasteiger partial charge on any atom is -0.454 e. The van der Waals surface area contributed by atoms with Crippen LogP contribution in [0.4, 0.5) is 0 Å². The van der Waals surface area contributed by atoms with Crippen LogP contribution in [0.5, 0.6) is 0 Å². The quantitative estimate of drug-likeness (QED) is 0.499. The minimum absolute atomic E-state index is 0.179. The Kier molecular flexibility index (Phi) is 7.60. The highest BCUT2D eigenvalue weighted by molar-refractivity contribution is 5.91. The van der Waals surface area contributed by atoms with Crippen LogP contribution in [0.3, 0.4) is 0 Å². The number of rotatable bonds is 10. The third-order valence-electron chi connectivity index (χ3n) is 6.20. The number of nitrogens with one attached hydrogen (secondary N) is 1. The fourth-order valence-electron chi connectivity index (χ4n) is 4.43. The average Bonchev–Trinajstić information content (AvgIpc) is 3.61. The summed E-state index contributed by atoms with van der Waals surface area (Å²) in [6, 6.07) is 11.3. The minimum atomic E-state index is -0.248. The van der Waals surface area contributed by atoms with E-state index in [1.54, 1.807) is 18.5 Å². The molecule has 174 valence electrons.